The van der Waals surface area contributed by atoms with E-state index in [0.29, 0.717) is 5.56 Å². The molecule has 0 fully saturated rings. The maximum atomic E-state index is 12.2. The molecule has 0 saturated carbocycles. The highest BCUT2D eigenvalue weighted by Gasteiger charge is 2.33. The Hall–Kier alpha value is -1.21. The Kier molecular flexibility index (Phi) is 3.97. The number of aromatic nitrogens is 2. The number of aliphatic hydroxyl groups excluding tert-OH is 1. The minimum atomic E-state index is -3.60. The second-order valence-electron chi connectivity index (χ2n) is 4.94. The number of nitrogens with zero attached hydrogens (tertiary/aromatic N) is 2. The minimum Gasteiger partial charge on any atom is -0.480 e. The quantitative estimate of drug-likeness (QED) is 0.888. The lowest BCUT2D eigenvalue weighted by atomic mass is 10.2. The van der Waals surface area contributed by atoms with E-state index < -0.39 is 20.7 Å². The molecule has 0 aliphatic rings. The van der Waals surface area contributed by atoms with E-state index in [1.165, 1.54) is 20.1 Å². The van der Waals surface area contributed by atoms with Crippen LogP contribution in [0, 0.1) is 0 Å². The molecule has 6 nitrogen and oxygen atoms in total. The summed E-state index contributed by atoms with van der Waals surface area (Å²) in [5, 5.41) is 16.8. The van der Waals surface area contributed by atoms with Crippen LogP contribution in [-0.2, 0) is 9.84 Å². The fourth-order valence-electron chi connectivity index (χ4n) is 1.28. The highest BCUT2D eigenvalue weighted by molar-refractivity contribution is 7.92. The van der Waals surface area contributed by atoms with Crippen LogP contribution in [0.1, 0.15) is 39.4 Å². The van der Waals surface area contributed by atoms with Crippen molar-refractivity contribution < 1.29 is 18.3 Å². The molecule has 18 heavy (non-hydrogen) atoms. The molecule has 1 rings (SSSR count). The minimum absolute atomic E-state index is 0.123. The van der Waals surface area contributed by atoms with Crippen molar-refractivity contribution in [1.29, 1.82) is 0 Å². The molecule has 0 bridgehead atoms. The molecule has 1 atom stereocenters. The Labute approximate surface area is 107 Å². The predicted octanol–water partition coefficient (Wildman–Crippen LogP) is 1.11. The van der Waals surface area contributed by atoms with Gasteiger partial charge in [0.15, 0.2) is 5.03 Å². The number of ether oxygens (including phenoxy) is 1. The fraction of sp³-hybridized carbons (Fsp3) is 0.636. The summed E-state index contributed by atoms with van der Waals surface area (Å²) in [6.45, 7) is 6.25. The fourth-order valence-corrected chi connectivity index (χ4v) is 2.34. The molecular weight excluding hydrogens is 256 g/mol. The van der Waals surface area contributed by atoms with E-state index in [4.69, 9.17) is 4.74 Å². The van der Waals surface area contributed by atoms with Crippen LogP contribution in [0.3, 0.4) is 0 Å². The molecule has 1 aromatic rings. The van der Waals surface area contributed by atoms with Gasteiger partial charge in [-0.1, -0.05) is 0 Å². The molecule has 1 aromatic heterocycles. The molecule has 102 valence electrons. The van der Waals surface area contributed by atoms with Gasteiger partial charge in [0, 0.05) is 5.56 Å². The molecule has 0 spiro atoms. The van der Waals surface area contributed by atoms with E-state index in [0.717, 1.165) is 0 Å². The summed E-state index contributed by atoms with van der Waals surface area (Å²) in [4.78, 5) is 0. The zero-order valence-electron chi connectivity index (χ0n) is 11.1. The zero-order chi connectivity index (χ0) is 14.1. The molecular formula is C11H18N2O4S. The molecule has 7 heteroatoms. The Balaban J connectivity index is 3.43. The molecule has 0 saturated heterocycles. The Morgan fingerprint density at radius 2 is 1.89 bits per heavy atom. The van der Waals surface area contributed by atoms with Gasteiger partial charge in [-0.25, -0.2) is 8.42 Å². The average molecular weight is 274 g/mol. The second kappa shape index (κ2) is 4.81. The number of rotatable bonds is 3. The van der Waals surface area contributed by atoms with Crippen LogP contribution >= 0.6 is 0 Å². The monoisotopic (exact) mass is 274 g/mol. The van der Waals surface area contributed by atoms with E-state index in [-0.39, 0.29) is 10.9 Å². The van der Waals surface area contributed by atoms with Gasteiger partial charge in [0.05, 0.1) is 18.0 Å². The van der Waals surface area contributed by atoms with Crippen LogP contribution < -0.4 is 4.74 Å². The van der Waals surface area contributed by atoms with Crippen LogP contribution in [0.2, 0.25) is 0 Å². The van der Waals surface area contributed by atoms with Crippen molar-refractivity contribution in [3.05, 3.63) is 11.6 Å². The first-order valence-electron chi connectivity index (χ1n) is 5.45. The van der Waals surface area contributed by atoms with Gasteiger partial charge in [-0.15, -0.1) is 10.2 Å². The van der Waals surface area contributed by atoms with Crippen molar-refractivity contribution in [2.24, 2.45) is 0 Å². The molecule has 0 aromatic carbocycles. The van der Waals surface area contributed by atoms with Crippen molar-refractivity contribution in [2.45, 2.75) is 43.6 Å². The topological polar surface area (TPSA) is 89.4 Å². The van der Waals surface area contributed by atoms with Gasteiger partial charge in [0.25, 0.3) is 0 Å². The first-order valence-corrected chi connectivity index (χ1v) is 6.94. The number of aliphatic hydroxyl groups is 1. The third-order valence-electron chi connectivity index (χ3n) is 2.49. The van der Waals surface area contributed by atoms with Crippen molar-refractivity contribution in [2.75, 3.05) is 7.11 Å². The van der Waals surface area contributed by atoms with Gasteiger partial charge in [-0.2, -0.15) is 0 Å². The Bertz CT molecular complexity index is 532. The van der Waals surface area contributed by atoms with Crippen molar-refractivity contribution in [3.63, 3.8) is 0 Å². The normalized spacial score (nSPS) is 14.3. The molecule has 1 N–H and O–H groups in total. The van der Waals surface area contributed by atoms with E-state index in [1.807, 2.05) is 0 Å². The van der Waals surface area contributed by atoms with E-state index >= 15 is 0 Å². The Morgan fingerprint density at radius 3 is 2.28 bits per heavy atom. The summed E-state index contributed by atoms with van der Waals surface area (Å²) in [6, 6.07) is 1.30. The number of hydrogen-bond acceptors (Lipinski definition) is 6. The maximum Gasteiger partial charge on any atom is 0.239 e. The first kappa shape index (κ1) is 14.8. The summed E-state index contributed by atoms with van der Waals surface area (Å²) >= 11 is 0. The highest BCUT2D eigenvalue weighted by Crippen LogP contribution is 2.28. The third-order valence-corrected chi connectivity index (χ3v) is 4.85. The average Bonchev–Trinajstić information content (AvgIpc) is 2.26. The molecule has 1 heterocycles. The molecule has 0 amide bonds. The molecule has 0 radical (unpaired) electrons. The molecule has 0 aliphatic heterocycles. The van der Waals surface area contributed by atoms with E-state index in [1.54, 1.807) is 20.8 Å². The summed E-state index contributed by atoms with van der Waals surface area (Å²) < 4.78 is 28.4. The van der Waals surface area contributed by atoms with Gasteiger partial charge in [0.2, 0.25) is 15.7 Å². The zero-order valence-corrected chi connectivity index (χ0v) is 11.9. The lowest BCUT2D eigenvalue weighted by Crippen LogP contribution is -2.29. The largest absolute Gasteiger partial charge is 0.480 e. The van der Waals surface area contributed by atoms with Crippen molar-refractivity contribution in [3.8, 4) is 5.88 Å². The van der Waals surface area contributed by atoms with E-state index in [2.05, 4.69) is 10.2 Å². The smallest absolute Gasteiger partial charge is 0.239 e. The van der Waals surface area contributed by atoms with Crippen LogP contribution in [0.5, 0.6) is 5.88 Å². The summed E-state index contributed by atoms with van der Waals surface area (Å²) in [5.41, 5.74) is 0.301. The summed E-state index contributed by atoms with van der Waals surface area (Å²) in [7, 11) is -2.21. The second-order valence-corrected chi connectivity index (χ2v) is 7.59. The summed E-state index contributed by atoms with van der Waals surface area (Å²) in [6.07, 6.45) is -0.885. The predicted molar refractivity (Wildman–Crippen MR) is 66.2 cm³/mol. The van der Waals surface area contributed by atoms with Crippen molar-refractivity contribution in [1.82, 2.24) is 10.2 Å². The first-order chi connectivity index (χ1) is 8.11. The highest BCUT2D eigenvalue weighted by atomic mass is 32.2. The Morgan fingerprint density at radius 1 is 1.33 bits per heavy atom. The number of methoxy groups -OCH3 is 1. The van der Waals surface area contributed by atoms with Gasteiger partial charge in [0.1, 0.15) is 0 Å². The number of hydrogen-bond donors (Lipinski definition) is 1. The van der Waals surface area contributed by atoms with Gasteiger partial charge >= 0.3 is 0 Å². The van der Waals surface area contributed by atoms with Gasteiger partial charge in [-0.05, 0) is 33.8 Å². The van der Waals surface area contributed by atoms with Crippen LogP contribution in [-0.4, -0.2) is 35.6 Å². The van der Waals surface area contributed by atoms with Gasteiger partial charge in [-0.3, -0.25) is 0 Å². The maximum absolute atomic E-state index is 12.2. The lowest BCUT2D eigenvalue weighted by Gasteiger charge is -2.19. The van der Waals surface area contributed by atoms with Crippen LogP contribution in [0.15, 0.2) is 11.1 Å². The van der Waals surface area contributed by atoms with Crippen LogP contribution in [0.4, 0.5) is 0 Å². The lowest BCUT2D eigenvalue weighted by molar-refractivity contribution is 0.192. The summed E-state index contributed by atoms with van der Waals surface area (Å²) in [5.74, 6) is 0.123. The van der Waals surface area contributed by atoms with E-state index in [9.17, 15) is 13.5 Å². The SMILES string of the molecule is COc1nnc(S(=O)(=O)C(C)(C)C)cc1C(C)O. The molecule has 1 unspecified atom stereocenters. The number of sulfone groups is 1. The van der Waals surface area contributed by atoms with Crippen molar-refractivity contribution >= 4 is 9.84 Å². The standard InChI is InChI=1S/C11H18N2O4S/c1-7(14)8-6-9(12-13-10(8)17-5)18(15,16)11(2,3)4/h6-7,14H,1-5H3. The third kappa shape index (κ3) is 2.62. The van der Waals surface area contributed by atoms with Crippen LogP contribution in [0.25, 0.3) is 0 Å². The van der Waals surface area contributed by atoms with Gasteiger partial charge < -0.3 is 9.84 Å². The molecule has 0 aliphatic carbocycles.